The first kappa shape index (κ1) is 10.4. The van der Waals surface area contributed by atoms with E-state index >= 15 is 0 Å². The van der Waals surface area contributed by atoms with Crippen molar-refractivity contribution in [1.29, 1.82) is 0 Å². The van der Waals surface area contributed by atoms with Crippen LogP contribution in [0, 0.1) is 0 Å². The van der Waals surface area contributed by atoms with E-state index in [0.717, 1.165) is 0 Å². The number of hydrogen-bond donors (Lipinski definition) is 1. The summed E-state index contributed by atoms with van der Waals surface area (Å²) in [5.41, 5.74) is 0. The zero-order chi connectivity index (χ0) is 10.9. The Balaban J connectivity index is 2.11. The maximum atomic E-state index is 11.2. The van der Waals surface area contributed by atoms with E-state index in [9.17, 15) is 8.42 Å². The summed E-state index contributed by atoms with van der Waals surface area (Å²) in [5.74, 6) is 1.18. The van der Waals surface area contributed by atoms with Crippen LogP contribution in [0.3, 0.4) is 0 Å². The maximum absolute atomic E-state index is 11.2. The van der Waals surface area contributed by atoms with Gasteiger partial charge in [-0.05, 0) is 12.8 Å². The van der Waals surface area contributed by atoms with Crippen molar-refractivity contribution in [3.8, 4) is 5.75 Å². The number of hydrogen-bond acceptors (Lipinski definition) is 5. The van der Waals surface area contributed by atoms with E-state index in [1.807, 2.05) is 0 Å². The summed E-state index contributed by atoms with van der Waals surface area (Å²) in [6.45, 7) is 0. The fourth-order valence-corrected chi connectivity index (χ4v) is 3.18. The van der Waals surface area contributed by atoms with Crippen LogP contribution in [-0.4, -0.2) is 35.0 Å². The molecule has 0 amide bonds. The lowest BCUT2D eigenvalue weighted by molar-refractivity contribution is 0.464. The van der Waals surface area contributed by atoms with Gasteiger partial charge in [-0.15, -0.1) is 0 Å². The summed E-state index contributed by atoms with van der Waals surface area (Å²) in [6, 6.07) is 0. The molecule has 5 nitrogen and oxygen atoms in total. The Morgan fingerprint density at radius 2 is 1.73 bits per heavy atom. The second-order valence-corrected chi connectivity index (χ2v) is 6.03. The van der Waals surface area contributed by atoms with E-state index in [1.165, 1.54) is 12.4 Å². The van der Waals surface area contributed by atoms with Gasteiger partial charge in [0.25, 0.3) is 0 Å². The van der Waals surface area contributed by atoms with E-state index in [0.29, 0.717) is 18.7 Å². The summed E-state index contributed by atoms with van der Waals surface area (Å²) >= 11 is 0. The molecule has 0 unspecified atom stereocenters. The van der Waals surface area contributed by atoms with Gasteiger partial charge in [-0.3, -0.25) is 0 Å². The standard InChI is InChI=1S/C9H12N2O3S/c12-8-5-10-9(11-6-8)7-1-3-15(13,14)4-2-7/h5-7,12H,1-4H2. The first-order chi connectivity index (χ1) is 7.07. The molecule has 6 heteroatoms. The topological polar surface area (TPSA) is 80.2 Å². The summed E-state index contributed by atoms with van der Waals surface area (Å²) in [6.07, 6.45) is 3.83. The van der Waals surface area contributed by atoms with Crippen molar-refractivity contribution in [2.24, 2.45) is 0 Å². The molecule has 82 valence electrons. The van der Waals surface area contributed by atoms with Crippen molar-refractivity contribution in [1.82, 2.24) is 9.97 Å². The average molecular weight is 228 g/mol. The third kappa shape index (κ3) is 2.44. The Morgan fingerprint density at radius 1 is 1.20 bits per heavy atom. The summed E-state index contributed by atoms with van der Waals surface area (Å²) in [5, 5.41) is 9.02. The largest absolute Gasteiger partial charge is 0.505 e. The van der Waals surface area contributed by atoms with Crippen LogP contribution in [-0.2, 0) is 9.84 Å². The molecule has 1 aliphatic rings. The molecule has 1 aromatic heterocycles. The fourth-order valence-electron chi connectivity index (χ4n) is 1.69. The second kappa shape index (κ2) is 3.77. The molecule has 0 bridgehead atoms. The molecule has 0 aliphatic carbocycles. The lowest BCUT2D eigenvalue weighted by Crippen LogP contribution is -2.23. The first-order valence-electron chi connectivity index (χ1n) is 4.78. The van der Waals surface area contributed by atoms with Crippen LogP contribution in [0.5, 0.6) is 5.75 Å². The van der Waals surface area contributed by atoms with Gasteiger partial charge >= 0.3 is 0 Å². The zero-order valence-electron chi connectivity index (χ0n) is 8.13. The van der Waals surface area contributed by atoms with E-state index in [4.69, 9.17) is 5.11 Å². The van der Waals surface area contributed by atoms with Gasteiger partial charge in [-0.1, -0.05) is 0 Å². The molecular formula is C9H12N2O3S. The predicted molar refractivity (Wildman–Crippen MR) is 54.3 cm³/mol. The minimum Gasteiger partial charge on any atom is -0.505 e. The average Bonchev–Trinajstić information content (AvgIpc) is 2.20. The van der Waals surface area contributed by atoms with Crippen LogP contribution < -0.4 is 0 Å². The molecule has 2 heterocycles. The molecule has 1 fully saturated rings. The van der Waals surface area contributed by atoms with Crippen molar-refractivity contribution < 1.29 is 13.5 Å². The minimum absolute atomic E-state index is 0.0298. The highest BCUT2D eigenvalue weighted by Gasteiger charge is 2.26. The molecule has 15 heavy (non-hydrogen) atoms. The van der Waals surface area contributed by atoms with E-state index < -0.39 is 9.84 Å². The van der Waals surface area contributed by atoms with Gasteiger partial charge in [0.15, 0.2) is 5.75 Å². The van der Waals surface area contributed by atoms with Crippen molar-refractivity contribution >= 4 is 9.84 Å². The van der Waals surface area contributed by atoms with Crippen LogP contribution in [0.2, 0.25) is 0 Å². The van der Waals surface area contributed by atoms with Crippen LogP contribution in [0.25, 0.3) is 0 Å². The number of nitrogens with zero attached hydrogens (tertiary/aromatic N) is 2. The van der Waals surface area contributed by atoms with Crippen molar-refractivity contribution in [2.45, 2.75) is 18.8 Å². The molecule has 0 saturated carbocycles. The van der Waals surface area contributed by atoms with Crippen LogP contribution in [0.15, 0.2) is 12.4 Å². The van der Waals surface area contributed by atoms with Gasteiger partial charge in [0, 0.05) is 5.92 Å². The fraction of sp³-hybridized carbons (Fsp3) is 0.556. The highest BCUT2D eigenvalue weighted by atomic mass is 32.2. The lowest BCUT2D eigenvalue weighted by atomic mass is 10.0. The molecule has 1 aromatic rings. The summed E-state index contributed by atoms with van der Waals surface area (Å²) < 4.78 is 22.4. The van der Waals surface area contributed by atoms with Crippen LogP contribution in [0.4, 0.5) is 0 Å². The van der Waals surface area contributed by atoms with Gasteiger partial charge < -0.3 is 5.11 Å². The Kier molecular flexibility index (Phi) is 2.60. The van der Waals surface area contributed by atoms with Crippen molar-refractivity contribution in [3.63, 3.8) is 0 Å². The molecule has 1 aliphatic heterocycles. The number of rotatable bonds is 1. The molecule has 2 rings (SSSR count). The van der Waals surface area contributed by atoms with Crippen molar-refractivity contribution in [3.05, 3.63) is 18.2 Å². The van der Waals surface area contributed by atoms with E-state index in [-0.39, 0.29) is 23.2 Å². The van der Waals surface area contributed by atoms with Gasteiger partial charge in [0.05, 0.1) is 23.9 Å². The zero-order valence-corrected chi connectivity index (χ0v) is 8.94. The normalized spacial score (nSPS) is 21.3. The second-order valence-electron chi connectivity index (χ2n) is 3.73. The lowest BCUT2D eigenvalue weighted by Gasteiger charge is -2.20. The third-order valence-electron chi connectivity index (χ3n) is 2.58. The molecule has 1 N–H and O–H groups in total. The maximum Gasteiger partial charge on any atom is 0.152 e. The highest BCUT2D eigenvalue weighted by molar-refractivity contribution is 7.91. The Hall–Kier alpha value is -1.17. The highest BCUT2D eigenvalue weighted by Crippen LogP contribution is 2.26. The number of aromatic hydroxyl groups is 1. The SMILES string of the molecule is O=S1(=O)CCC(c2ncc(O)cn2)CC1. The Morgan fingerprint density at radius 3 is 2.27 bits per heavy atom. The third-order valence-corrected chi connectivity index (χ3v) is 4.29. The van der Waals surface area contributed by atoms with Gasteiger partial charge in [-0.25, -0.2) is 18.4 Å². The number of sulfone groups is 1. The van der Waals surface area contributed by atoms with E-state index in [1.54, 1.807) is 0 Å². The smallest absolute Gasteiger partial charge is 0.152 e. The summed E-state index contributed by atoms with van der Waals surface area (Å²) in [4.78, 5) is 7.99. The quantitative estimate of drug-likeness (QED) is 0.756. The van der Waals surface area contributed by atoms with Gasteiger partial charge in [0.1, 0.15) is 15.7 Å². The van der Waals surface area contributed by atoms with Crippen molar-refractivity contribution in [2.75, 3.05) is 11.5 Å². The predicted octanol–water partition coefficient (Wildman–Crippen LogP) is 0.474. The Labute approximate surface area is 88.1 Å². The van der Waals surface area contributed by atoms with Gasteiger partial charge in [0.2, 0.25) is 0 Å². The van der Waals surface area contributed by atoms with E-state index in [2.05, 4.69) is 9.97 Å². The molecule has 1 saturated heterocycles. The number of aromatic nitrogens is 2. The summed E-state index contributed by atoms with van der Waals surface area (Å²) in [7, 11) is -2.84. The van der Waals surface area contributed by atoms with Crippen LogP contribution in [0.1, 0.15) is 24.6 Å². The monoisotopic (exact) mass is 228 g/mol. The Bertz CT molecular complexity index is 427. The molecule has 0 aromatic carbocycles. The first-order valence-corrected chi connectivity index (χ1v) is 6.60. The minimum atomic E-state index is -2.84. The molecule has 0 atom stereocenters. The van der Waals surface area contributed by atoms with Crippen LogP contribution >= 0.6 is 0 Å². The molecule has 0 radical (unpaired) electrons. The van der Waals surface area contributed by atoms with Gasteiger partial charge in [-0.2, -0.15) is 0 Å². The molecular weight excluding hydrogens is 216 g/mol. The molecule has 0 spiro atoms.